The van der Waals surface area contributed by atoms with Crippen LogP contribution in [0.1, 0.15) is 30.1 Å². The highest BCUT2D eigenvalue weighted by molar-refractivity contribution is 5.99. The average molecular weight is 419 g/mol. The molecular formula is C24H22FN3O3. The van der Waals surface area contributed by atoms with E-state index in [0.717, 1.165) is 5.56 Å². The molecule has 0 aliphatic carbocycles. The molecule has 1 N–H and O–H groups in total. The largest absolute Gasteiger partial charge is 0.472 e. The van der Waals surface area contributed by atoms with E-state index in [1.54, 1.807) is 41.4 Å². The van der Waals surface area contributed by atoms with Gasteiger partial charge in [0.15, 0.2) is 11.6 Å². The number of carbonyl (C=O) groups excluding carboxylic acids is 2. The molecule has 0 bridgehead atoms. The molecule has 1 aliphatic rings. The monoisotopic (exact) mass is 419 g/mol. The fourth-order valence-electron chi connectivity index (χ4n) is 3.48. The van der Waals surface area contributed by atoms with Crippen molar-refractivity contribution in [3.8, 4) is 5.75 Å². The summed E-state index contributed by atoms with van der Waals surface area (Å²) in [5.41, 5.74) is 1.19. The van der Waals surface area contributed by atoms with E-state index in [1.807, 2.05) is 30.3 Å². The first kappa shape index (κ1) is 20.5. The van der Waals surface area contributed by atoms with Gasteiger partial charge in [-0.25, -0.2) is 9.37 Å². The molecule has 31 heavy (non-hydrogen) atoms. The molecule has 2 aromatic carbocycles. The summed E-state index contributed by atoms with van der Waals surface area (Å²) in [7, 11) is 0. The summed E-state index contributed by atoms with van der Waals surface area (Å²) in [4.78, 5) is 31.2. The third-order valence-corrected chi connectivity index (χ3v) is 5.06. The predicted molar refractivity (Wildman–Crippen MR) is 114 cm³/mol. The topological polar surface area (TPSA) is 71.5 Å². The minimum absolute atomic E-state index is 0.127. The van der Waals surface area contributed by atoms with E-state index in [4.69, 9.17) is 4.74 Å². The Morgan fingerprint density at radius 2 is 1.84 bits per heavy atom. The molecule has 1 aliphatic heterocycles. The van der Waals surface area contributed by atoms with Crippen molar-refractivity contribution in [1.29, 1.82) is 0 Å². The number of pyridine rings is 1. The molecule has 0 saturated heterocycles. The molecule has 1 aromatic heterocycles. The number of rotatable bonds is 7. The van der Waals surface area contributed by atoms with E-state index in [-0.39, 0.29) is 30.6 Å². The quantitative estimate of drug-likeness (QED) is 0.633. The van der Waals surface area contributed by atoms with Crippen molar-refractivity contribution in [3.63, 3.8) is 0 Å². The fourth-order valence-corrected chi connectivity index (χ4v) is 3.48. The van der Waals surface area contributed by atoms with Crippen molar-refractivity contribution in [2.45, 2.75) is 25.5 Å². The lowest BCUT2D eigenvalue weighted by Crippen LogP contribution is -2.42. The van der Waals surface area contributed by atoms with Crippen molar-refractivity contribution in [3.05, 3.63) is 89.9 Å². The Bertz CT molecular complexity index is 1070. The number of carbonyl (C=O) groups is 2. The molecule has 2 heterocycles. The second-order valence-electron chi connectivity index (χ2n) is 7.20. The van der Waals surface area contributed by atoms with Crippen LogP contribution in [0.25, 0.3) is 0 Å². The zero-order valence-electron chi connectivity index (χ0n) is 16.8. The maximum absolute atomic E-state index is 13.7. The van der Waals surface area contributed by atoms with Gasteiger partial charge >= 0.3 is 0 Å². The maximum Gasteiger partial charge on any atom is 0.274 e. The first-order chi connectivity index (χ1) is 15.1. The predicted octanol–water partition coefficient (Wildman–Crippen LogP) is 3.78. The normalized spacial score (nSPS) is 15.2. The van der Waals surface area contributed by atoms with Gasteiger partial charge in [0.05, 0.1) is 0 Å². The Labute approximate surface area is 179 Å². The zero-order chi connectivity index (χ0) is 21.6. The number of benzene rings is 2. The summed E-state index contributed by atoms with van der Waals surface area (Å²) in [6.07, 6.45) is 1.49. The van der Waals surface area contributed by atoms with Crippen LogP contribution < -0.4 is 15.0 Å². The van der Waals surface area contributed by atoms with E-state index in [0.29, 0.717) is 30.1 Å². The summed E-state index contributed by atoms with van der Waals surface area (Å²) >= 11 is 0. The lowest BCUT2D eigenvalue weighted by Gasteiger charge is -2.33. The van der Waals surface area contributed by atoms with Crippen molar-refractivity contribution in [1.82, 2.24) is 10.3 Å². The second-order valence-corrected chi connectivity index (χ2v) is 7.20. The van der Waals surface area contributed by atoms with Crippen molar-refractivity contribution < 1.29 is 18.7 Å². The van der Waals surface area contributed by atoms with Crippen LogP contribution in [0.2, 0.25) is 0 Å². The molecule has 0 radical (unpaired) electrons. The van der Waals surface area contributed by atoms with Crippen LogP contribution in [0.4, 0.5) is 10.2 Å². The fraction of sp³-hybridized carbons (Fsp3) is 0.208. The molecule has 0 saturated carbocycles. The molecular weight excluding hydrogens is 397 g/mol. The van der Waals surface area contributed by atoms with Crippen LogP contribution >= 0.6 is 0 Å². The summed E-state index contributed by atoms with van der Waals surface area (Å²) in [5.74, 6) is 0.205. The smallest absolute Gasteiger partial charge is 0.274 e. The molecule has 1 atom stereocenters. The van der Waals surface area contributed by atoms with E-state index in [2.05, 4.69) is 10.3 Å². The molecule has 158 valence electrons. The Balaban J connectivity index is 1.39. The first-order valence-electron chi connectivity index (χ1n) is 10.1. The summed E-state index contributed by atoms with van der Waals surface area (Å²) < 4.78 is 19.6. The Hall–Kier alpha value is -3.74. The van der Waals surface area contributed by atoms with E-state index < -0.39 is 6.10 Å². The van der Waals surface area contributed by atoms with E-state index >= 15 is 0 Å². The van der Waals surface area contributed by atoms with Gasteiger partial charge in [-0.3, -0.25) is 14.5 Å². The van der Waals surface area contributed by atoms with Gasteiger partial charge in [-0.2, -0.15) is 0 Å². The van der Waals surface area contributed by atoms with Crippen molar-refractivity contribution >= 4 is 17.6 Å². The molecule has 0 fully saturated rings. The maximum atomic E-state index is 13.7. The number of nitrogens with one attached hydrogen (secondary N) is 1. The number of hydrogen-bond acceptors (Lipinski definition) is 4. The van der Waals surface area contributed by atoms with Crippen LogP contribution in [0.15, 0.2) is 72.9 Å². The van der Waals surface area contributed by atoms with Crippen LogP contribution in [0, 0.1) is 5.82 Å². The Morgan fingerprint density at radius 1 is 1.06 bits per heavy atom. The number of halogens is 1. The van der Waals surface area contributed by atoms with Crippen LogP contribution in [-0.2, 0) is 16.1 Å². The van der Waals surface area contributed by atoms with Gasteiger partial charge in [-0.05, 0) is 24.6 Å². The third kappa shape index (κ3) is 4.71. The van der Waals surface area contributed by atoms with Crippen molar-refractivity contribution in [2.75, 3.05) is 11.4 Å². The lowest BCUT2D eigenvalue weighted by atomic mass is 10.1. The summed E-state index contributed by atoms with van der Waals surface area (Å²) in [6.45, 7) is 0.450. The lowest BCUT2D eigenvalue weighted by molar-refractivity contribution is -0.127. The van der Waals surface area contributed by atoms with Gasteiger partial charge in [0.25, 0.3) is 5.91 Å². The van der Waals surface area contributed by atoms with Gasteiger partial charge < -0.3 is 10.1 Å². The minimum atomic E-state index is -0.757. The van der Waals surface area contributed by atoms with Crippen LogP contribution in [-0.4, -0.2) is 23.3 Å². The van der Waals surface area contributed by atoms with Gasteiger partial charge in [-0.15, -0.1) is 0 Å². The Morgan fingerprint density at radius 3 is 2.65 bits per heavy atom. The van der Waals surface area contributed by atoms with Crippen molar-refractivity contribution in [2.24, 2.45) is 0 Å². The molecule has 2 amide bonds. The van der Waals surface area contributed by atoms with Gasteiger partial charge in [-0.1, -0.05) is 48.5 Å². The number of aromatic nitrogens is 1. The number of nitrogens with zero attached hydrogens (tertiary/aromatic N) is 2. The number of anilines is 1. The third-order valence-electron chi connectivity index (χ3n) is 5.06. The highest BCUT2D eigenvalue weighted by atomic mass is 19.1. The minimum Gasteiger partial charge on any atom is -0.472 e. The van der Waals surface area contributed by atoms with Crippen LogP contribution in [0.5, 0.6) is 5.75 Å². The van der Waals surface area contributed by atoms with E-state index in [1.165, 1.54) is 6.07 Å². The standard InChI is InChI=1S/C24H22FN3O3/c25-19-11-5-4-10-18(19)16-27-21(29)13-7-15-28-23-20(12-6-14-26-23)31-22(24(28)30)17-8-2-1-3-9-17/h1-6,8-12,14,22H,7,13,15-16H2,(H,27,29)/t22-/m0/s1. The van der Waals surface area contributed by atoms with Gasteiger partial charge in [0, 0.05) is 36.8 Å². The molecule has 0 spiro atoms. The number of amides is 2. The second kappa shape index (κ2) is 9.38. The SMILES string of the molecule is O=C(CCCN1C(=O)[C@H](c2ccccc2)Oc2cccnc21)NCc1ccccc1F. The average Bonchev–Trinajstić information content (AvgIpc) is 2.80. The Kier molecular flexibility index (Phi) is 6.21. The molecule has 0 unspecified atom stereocenters. The van der Waals surface area contributed by atoms with Gasteiger partial charge in [0.2, 0.25) is 12.0 Å². The highest BCUT2D eigenvalue weighted by Crippen LogP contribution is 2.37. The molecule has 4 rings (SSSR count). The molecule has 3 aromatic rings. The number of hydrogen-bond donors (Lipinski definition) is 1. The van der Waals surface area contributed by atoms with E-state index in [9.17, 15) is 14.0 Å². The first-order valence-corrected chi connectivity index (χ1v) is 10.1. The van der Waals surface area contributed by atoms with Crippen LogP contribution in [0.3, 0.4) is 0 Å². The number of ether oxygens (including phenoxy) is 1. The zero-order valence-corrected chi connectivity index (χ0v) is 16.8. The number of fused-ring (bicyclic) bond motifs is 1. The molecule has 6 nitrogen and oxygen atoms in total. The highest BCUT2D eigenvalue weighted by Gasteiger charge is 2.36. The summed E-state index contributed by atoms with van der Waals surface area (Å²) in [6, 6.07) is 19.1. The summed E-state index contributed by atoms with van der Waals surface area (Å²) in [5, 5.41) is 2.72. The molecule has 7 heteroatoms. The van der Waals surface area contributed by atoms with Gasteiger partial charge in [0.1, 0.15) is 5.82 Å².